The van der Waals surface area contributed by atoms with Gasteiger partial charge in [0, 0.05) is 31.8 Å². The summed E-state index contributed by atoms with van der Waals surface area (Å²) in [5.74, 6) is -1.23. The molecule has 0 unspecified atom stereocenters. The van der Waals surface area contributed by atoms with Gasteiger partial charge in [-0.25, -0.2) is 13.9 Å². The monoisotopic (exact) mass is 449 g/mol. The second-order valence-corrected chi connectivity index (χ2v) is 7.53. The highest BCUT2D eigenvalue weighted by atomic mass is 19.1. The minimum Gasteiger partial charge on any atom is -0.378 e. The first-order valence-corrected chi connectivity index (χ1v) is 10.3. The van der Waals surface area contributed by atoms with Gasteiger partial charge in [0.25, 0.3) is 11.8 Å². The van der Waals surface area contributed by atoms with E-state index in [0.29, 0.717) is 37.8 Å². The molecule has 3 aromatic heterocycles. The first-order chi connectivity index (χ1) is 16.0. The molecule has 1 saturated heterocycles. The Kier molecular flexibility index (Phi) is 5.31. The lowest BCUT2D eigenvalue weighted by Crippen LogP contribution is -2.41. The number of carbonyl (C=O) groups excluding carboxylic acids is 2. The number of nitrogens with zero attached hydrogens (tertiary/aromatic N) is 6. The van der Waals surface area contributed by atoms with E-state index in [-0.39, 0.29) is 22.9 Å². The number of morpholine rings is 1. The molecule has 0 atom stereocenters. The molecule has 4 heterocycles. The van der Waals surface area contributed by atoms with Gasteiger partial charge in [-0.2, -0.15) is 5.10 Å². The average molecular weight is 449 g/mol. The number of anilines is 1. The molecule has 11 heteroatoms. The zero-order valence-corrected chi connectivity index (χ0v) is 17.7. The summed E-state index contributed by atoms with van der Waals surface area (Å²) in [4.78, 5) is 32.0. The molecule has 2 amide bonds. The number of pyridine rings is 1. The van der Waals surface area contributed by atoms with Crippen molar-refractivity contribution in [1.29, 1.82) is 0 Å². The second kappa shape index (κ2) is 8.43. The van der Waals surface area contributed by atoms with Gasteiger partial charge in [-0.05, 0) is 0 Å². The normalized spacial score (nSPS) is 13.9. The maximum atomic E-state index is 14.8. The molecule has 0 radical (unpaired) electrons. The molecule has 168 valence electrons. The van der Waals surface area contributed by atoms with E-state index >= 15 is 0 Å². The van der Waals surface area contributed by atoms with E-state index in [1.54, 1.807) is 11.9 Å². The van der Waals surface area contributed by atoms with Crippen LogP contribution in [-0.2, 0) is 11.8 Å². The molecule has 0 spiro atoms. The van der Waals surface area contributed by atoms with Crippen molar-refractivity contribution < 1.29 is 18.7 Å². The Balaban J connectivity index is 1.43. The number of ether oxygens (including phenoxy) is 1. The number of hydrogen-bond donors (Lipinski definition) is 1. The molecule has 33 heavy (non-hydrogen) atoms. The van der Waals surface area contributed by atoms with Crippen molar-refractivity contribution >= 4 is 23.1 Å². The summed E-state index contributed by atoms with van der Waals surface area (Å²) in [7, 11) is 1.55. The average Bonchev–Trinajstić information content (AvgIpc) is 3.43. The fourth-order valence-corrected chi connectivity index (χ4v) is 3.69. The number of hydrogen-bond acceptors (Lipinski definition) is 6. The van der Waals surface area contributed by atoms with Gasteiger partial charge < -0.3 is 15.0 Å². The van der Waals surface area contributed by atoms with Crippen LogP contribution in [0.2, 0.25) is 0 Å². The van der Waals surface area contributed by atoms with Crippen LogP contribution >= 0.6 is 0 Å². The quantitative estimate of drug-likeness (QED) is 0.511. The van der Waals surface area contributed by atoms with Crippen molar-refractivity contribution in [1.82, 2.24) is 29.3 Å². The maximum absolute atomic E-state index is 14.8. The highest BCUT2D eigenvalue weighted by molar-refractivity contribution is 6.11. The smallest absolute Gasteiger partial charge is 0.274 e. The first kappa shape index (κ1) is 20.8. The van der Waals surface area contributed by atoms with Crippen LogP contribution in [0.1, 0.15) is 20.8 Å². The van der Waals surface area contributed by atoms with E-state index in [1.807, 2.05) is 30.3 Å². The standard InChI is InChI=1S/C22H20FN7O3/c1-28-19(15(12-24-28)22(32)29-7-9-33-10-8-29)21(31)25-17-11-18-26-20(14-5-3-2-4-6-14)27-30(18)13-16(17)23/h2-6,11-13H,7-10H2,1H3,(H,25,31). The summed E-state index contributed by atoms with van der Waals surface area (Å²) >= 11 is 0. The number of aryl methyl sites for hydroxylation is 1. The van der Waals surface area contributed by atoms with Gasteiger partial charge in [0.1, 0.15) is 5.69 Å². The van der Waals surface area contributed by atoms with Crippen molar-refractivity contribution in [2.24, 2.45) is 7.05 Å². The minimum atomic E-state index is -0.691. The van der Waals surface area contributed by atoms with Crippen LogP contribution in [0.4, 0.5) is 10.1 Å². The largest absolute Gasteiger partial charge is 0.378 e. The van der Waals surface area contributed by atoms with E-state index < -0.39 is 11.7 Å². The molecule has 1 fully saturated rings. The van der Waals surface area contributed by atoms with E-state index in [4.69, 9.17) is 4.74 Å². The van der Waals surface area contributed by atoms with Gasteiger partial charge in [0.05, 0.1) is 36.9 Å². The number of aromatic nitrogens is 5. The highest BCUT2D eigenvalue weighted by Crippen LogP contribution is 2.22. The Morgan fingerprint density at radius 3 is 2.67 bits per heavy atom. The lowest BCUT2D eigenvalue weighted by Gasteiger charge is -2.26. The number of halogens is 1. The molecule has 0 saturated carbocycles. The fraction of sp³-hybridized carbons (Fsp3) is 0.227. The van der Waals surface area contributed by atoms with Gasteiger partial charge in [-0.3, -0.25) is 14.3 Å². The van der Waals surface area contributed by atoms with E-state index in [9.17, 15) is 14.0 Å². The molecule has 1 aliphatic rings. The first-order valence-electron chi connectivity index (χ1n) is 10.3. The summed E-state index contributed by atoms with van der Waals surface area (Å²) in [6, 6.07) is 10.7. The van der Waals surface area contributed by atoms with Gasteiger partial charge in [0.2, 0.25) is 0 Å². The third-order valence-electron chi connectivity index (χ3n) is 5.39. The third-order valence-corrected chi connectivity index (χ3v) is 5.39. The summed E-state index contributed by atoms with van der Waals surface area (Å²) in [5.41, 5.74) is 1.25. The molecule has 4 aromatic rings. The Morgan fingerprint density at radius 2 is 1.91 bits per heavy atom. The summed E-state index contributed by atoms with van der Waals surface area (Å²) in [6.45, 7) is 1.72. The molecule has 5 rings (SSSR count). The van der Waals surface area contributed by atoms with Crippen LogP contribution in [0.15, 0.2) is 48.8 Å². The van der Waals surface area contributed by atoms with Crippen LogP contribution in [0, 0.1) is 5.82 Å². The second-order valence-electron chi connectivity index (χ2n) is 7.53. The third kappa shape index (κ3) is 3.94. The van der Waals surface area contributed by atoms with E-state index in [1.165, 1.54) is 21.5 Å². The predicted octanol–water partition coefficient (Wildman–Crippen LogP) is 1.99. The zero-order chi connectivity index (χ0) is 22.9. The van der Waals surface area contributed by atoms with Crippen molar-refractivity contribution in [3.63, 3.8) is 0 Å². The van der Waals surface area contributed by atoms with Crippen LogP contribution < -0.4 is 5.32 Å². The minimum absolute atomic E-state index is 0.0391. The van der Waals surface area contributed by atoms with E-state index in [0.717, 1.165) is 11.8 Å². The molecule has 1 aliphatic heterocycles. The topological polar surface area (TPSA) is 107 Å². The van der Waals surface area contributed by atoms with Gasteiger partial charge in [0.15, 0.2) is 17.3 Å². The number of nitrogens with one attached hydrogen (secondary N) is 1. The van der Waals surface area contributed by atoms with Crippen molar-refractivity contribution in [3.05, 3.63) is 65.9 Å². The molecule has 1 aromatic carbocycles. The van der Waals surface area contributed by atoms with Crippen LogP contribution in [0.5, 0.6) is 0 Å². The summed E-state index contributed by atoms with van der Waals surface area (Å²) in [6.07, 6.45) is 2.49. The van der Waals surface area contributed by atoms with Crippen LogP contribution in [0.3, 0.4) is 0 Å². The zero-order valence-electron chi connectivity index (χ0n) is 17.7. The Labute approximate surface area is 187 Å². The number of benzene rings is 1. The maximum Gasteiger partial charge on any atom is 0.274 e. The number of amides is 2. The van der Waals surface area contributed by atoms with Crippen molar-refractivity contribution in [3.8, 4) is 11.4 Å². The van der Waals surface area contributed by atoms with Gasteiger partial charge in [-0.1, -0.05) is 30.3 Å². The number of fused-ring (bicyclic) bond motifs is 1. The van der Waals surface area contributed by atoms with Gasteiger partial charge >= 0.3 is 0 Å². The number of rotatable bonds is 4. The Morgan fingerprint density at radius 1 is 1.15 bits per heavy atom. The van der Waals surface area contributed by atoms with Gasteiger partial charge in [-0.15, -0.1) is 5.10 Å². The molecular weight excluding hydrogens is 429 g/mol. The fourth-order valence-electron chi connectivity index (χ4n) is 3.69. The highest BCUT2D eigenvalue weighted by Gasteiger charge is 2.27. The molecule has 1 N–H and O–H groups in total. The van der Waals surface area contributed by atoms with E-state index in [2.05, 4.69) is 20.5 Å². The predicted molar refractivity (Wildman–Crippen MR) is 116 cm³/mol. The lowest BCUT2D eigenvalue weighted by molar-refractivity contribution is 0.0302. The van der Waals surface area contributed by atoms with Crippen LogP contribution in [-0.4, -0.2) is 67.4 Å². The molecular formula is C22H20FN7O3. The van der Waals surface area contributed by atoms with Crippen molar-refractivity contribution in [2.45, 2.75) is 0 Å². The van der Waals surface area contributed by atoms with Crippen LogP contribution in [0.25, 0.3) is 17.0 Å². The summed E-state index contributed by atoms with van der Waals surface area (Å²) < 4.78 is 22.7. The SMILES string of the molecule is Cn1ncc(C(=O)N2CCOCC2)c1C(=O)Nc1cc2nc(-c3ccccc3)nn2cc1F. The summed E-state index contributed by atoms with van der Waals surface area (Å²) in [5, 5.41) is 10.9. The Hall–Kier alpha value is -4.12. The molecule has 0 aliphatic carbocycles. The Bertz CT molecular complexity index is 1340. The lowest BCUT2D eigenvalue weighted by atomic mass is 10.2. The number of carbonyl (C=O) groups is 2. The molecule has 10 nitrogen and oxygen atoms in total. The van der Waals surface area contributed by atoms with Crippen molar-refractivity contribution in [2.75, 3.05) is 31.6 Å². The molecule has 0 bridgehead atoms.